The SMILES string of the molecule is Cc1cccc(CSc2nc(NC(C)(C)CO)cc(NS(C)(=O)=O)n2)c1F. The Balaban J connectivity index is 2.30. The van der Waals surface area contributed by atoms with Crippen LogP contribution in [0.1, 0.15) is 25.0 Å². The highest BCUT2D eigenvalue weighted by molar-refractivity contribution is 7.98. The van der Waals surface area contributed by atoms with Crippen LogP contribution in [0.25, 0.3) is 0 Å². The van der Waals surface area contributed by atoms with Crippen molar-refractivity contribution in [1.29, 1.82) is 0 Å². The van der Waals surface area contributed by atoms with Crippen LogP contribution in [-0.2, 0) is 15.8 Å². The summed E-state index contributed by atoms with van der Waals surface area (Å²) in [5.41, 5.74) is 0.394. The van der Waals surface area contributed by atoms with Crippen LogP contribution in [0.5, 0.6) is 0 Å². The first-order valence-corrected chi connectivity index (χ1v) is 11.0. The van der Waals surface area contributed by atoms with E-state index in [1.807, 2.05) is 0 Å². The predicted octanol–water partition coefficient (Wildman–Crippen LogP) is 2.77. The Hall–Kier alpha value is -1.91. The van der Waals surface area contributed by atoms with Crippen molar-refractivity contribution in [2.75, 3.05) is 22.9 Å². The molecule has 0 unspecified atom stereocenters. The van der Waals surface area contributed by atoms with E-state index >= 15 is 0 Å². The van der Waals surface area contributed by atoms with Crippen LogP contribution in [0.4, 0.5) is 16.0 Å². The third-order valence-electron chi connectivity index (χ3n) is 3.49. The molecule has 0 fully saturated rings. The number of nitrogens with zero attached hydrogens (tertiary/aromatic N) is 2. The van der Waals surface area contributed by atoms with Gasteiger partial charge in [0.25, 0.3) is 0 Å². The standard InChI is InChI=1S/C17H23FN4O3S2/c1-11-6-5-7-12(15(11)18)9-26-16-19-13(21-17(2,3)10-23)8-14(20-16)22-27(4,24)25/h5-8,23H,9-10H2,1-4H3,(H2,19,20,21,22). The monoisotopic (exact) mass is 414 g/mol. The Morgan fingerprint density at radius 3 is 2.56 bits per heavy atom. The number of sulfonamides is 1. The van der Waals surface area contributed by atoms with Gasteiger partial charge in [0, 0.05) is 11.8 Å². The molecular formula is C17H23FN4O3S2. The lowest BCUT2D eigenvalue weighted by atomic mass is 10.1. The van der Waals surface area contributed by atoms with Crippen molar-refractivity contribution in [2.45, 2.75) is 37.2 Å². The van der Waals surface area contributed by atoms with Gasteiger partial charge in [-0.1, -0.05) is 30.0 Å². The van der Waals surface area contributed by atoms with Gasteiger partial charge < -0.3 is 10.4 Å². The molecule has 0 aliphatic carbocycles. The number of aryl methyl sites for hydroxylation is 1. The summed E-state index contributed by atoms with van der Waals surface area (Å²) in [5.74, 6) is 0.451. The number of halogens is 1. The number of aromatic nitrogens is 2. The van der Waals surface area contributed by atoms with Crippen LogP contribution >= 0.6 is 11.8 Å². The third-order valence-corrected chi connectivity index (χ3v) is 4.96. The minimum Gasteiger partial charge on any atom is -0.394 e. The van der Waals surface area contributed by atoms with E-state index in [4.69, 9.17) is 0 Å². The zero-order valence-corrected chi connectivity index (χ0v) is 17.2. The molecule has 0 radical (unpaired) electrons. The van der Waals surface area contributed by atoms with Gasteiger partial charge in [0.05, 0.1) is 18.4 Å². The highest BCUT2D eigenvalue weighted by Crippen LogP contribution is 2.26. The molecule has 2 aromatic rings. The van der Waals surface area contributed by atoms with E-state index < -0.39 is 15.6 Å². The number of rotatable bonds is 8. The second-order valence-corrected chi connectivity index (χ2v) is 9.49. The lowest BCUT2D eigenvalue weighted by molar-refractivity contribution is 0.234. The maximum atomic E-state index is 14.2. The molecule has 2 rings (SSSR count). The smallest absolute Gasteiger partial charge is 0.230 e. The Bertz CT molecular complexity index is 920. The molecule has 1 aromatic carbocycles. The molecular weight excluding hydrogens is 391 g/mol. The lowest BCUT2D eigenvalue weighted by Gasteiger charge is -2.24. The molecule has 0 spiro atoms. The zero-order valence-electron chi connectivity index (χ0n) is 15.6. The summed E-state index contributed by atoms with van der Waals surface area (Å²) >= 11 is 1.18. The van der Waals surface area contributed by atoms with Gasteiger partial charge in [-0.25, -0.2) is 22.8 Å². The fraction of sp³-hybridized carbons (Fsp3) is 0.412. The number of hydrogen-bond donors (Lipinski definition) is 3. The number of aliphatic hydroxyl groups is 1. The van der Waals surface area contributed by atoms with E-state index in [0.717, 1.165) is 6.26 Å². The Morgan fingerprint density at radius 1 is 1.26 bits per heavy atom. The van der Waals surface area contributed by atoms with Crippen molar-refractivity contribution in [1.82, 2.24) is 9.97 Å². The van der Waals surface area contributed by atoms with E-state index in [1.54, 1.807) is 39.0 Å². The number of thioether (sulfide) groups is 1. The van der Waals surface area contributed by atoms with Gasteiger partial charge in [-0.3, -0.25) is 4.72 Å². The summed E-state index contributed by atoms with van der Waals surface area (Å²) in [6.07, 6.45) is 1.02. The second-order valence-electron chi connectivity index (χ2n) is 6.80. The minimum absolute atomic E-state index is 0.0935. The van der Waals surface area contributed by atoms with Crippen molar-refractivity contribution < 1.29 is 17.9 Å². The molecule has 3 N–H and O–H groups in total. The van der Waals surface area contributed by atoms with Crippen molar-refractivity contribution in [3.8, 4) is 0 Å². The molecule has 0 atom stereocenters. The van der Waals surface area contributed by atoms with Gasteiger partial charge >= 0.3 is 0 Å². The van der Waals surface area contributed by atoms with Crippen LogP contribution < -0.4 is 10.0 Å². The number of anilines is 2. The van der Waals surface area contributed by atoms with E-state index in [-0.39, 0.29) is 23.4 Å². The maximum Gasteiger partial charge on any atom is 0.230 e. The van der Waals surface area contributed by atoms with E-state index in [2.05, 4.69) is 20.0 Å². The molecule has 0 aliphatic heterocycles. The lowest BCUT2D eigenvalue weighted by Crippen LogP contribution is -2.35. The Labute approximate surface area is 162 Å². The fourth-order valence-corrected chi connectivity index (χ4v) is 3.46. The van der Waals surface area contributed by atoms with Gasteiger partial charge in [-0.15, -0.1) is 0 Å². The average Bonchev–Trinajstić information content (AvgIpc) is 2.54. The normalized spacial score (nSPS) is 12.1. The summed E-state index contributed by atoms with van der Waals surface area (Å²) in [6, 6.07) is 6.58. The molecule has 0 saturated heterocycles. The molecule has 148 valence electrons. The number of benzene rings is 1. The molecule has 27 heavy (non-hydrogen) atoms. The van der Waals surface area contributed by atoms with Crippen molar-refractivity contribution in [3.63, 3.8) is 0 Å². The Morgan fingerprint density at radius 2 is 1.93 bits per heavy atom. The molecule has 0 aliphatic rings. The summed E-state index contributed by atoms with van der Waals surface area (Å²) in [4.78, 5) is 8.51. The van der Waals surface area contributed by atoms with E-state index in [9.17, 15) is 17.9 Å². The van der Waals surface area contributed by atoms with Gasteiger partial charge in [-0.2, -0.15) is 0 Å². The Kier molecular flexibility index (Phi) is 6.66. The maximum absolute atomic E-state index is 14.2. The topological polar surface area (TPSA) is 104 Å². The largest absolute Gasteiger partial charge is 0.394 e. The van der Waals surface area contributed by atoms with Crippen LogP contribution in [0, 0.1) is 12.7 Å². The molecule has 0 saturated carbocycles. The van der Waals surface area contributed by atoms with E-state index in [1.165, 1.54) is 17.8 Å². The molecule has 10 heteroatoms. The van der Waals surface area contributed by atoms with Gasteiger partial charge in [0.1, 0.15) is 17.5 Å². The summed E-state index contributed by atoms with van der Waals surface area (Å²) in [6.45, 7) is 5.08. The first-order chi connectivity index (χ1) is 12.5. The highest BCUT2D eigenvalue weighted by atomic mass is 32.2. The molecule has 0 bridgehead atoms. The first kappa shape index (κ1) is 21.4. The van der Waals surface area contributed by atoms with Crippen LogP contribution in [0.15, 0.2) is 29.4 Å². The third kappa shape index (κ3) is 6.64. The molecule has 7 nitrogen and oxygen atoms in total. The number of aliphatic hydroxyl groups excluding tert-OH is 1. The first-order valence-electron chi connectivity index (χ1n) is 8.12. The van der Waals surface area contributed by atoms with Crippen LogP contribution in [0.3, 0.4) is 0 Å². The van der Waals surface area contributed by atoms with Gasteiger partial charge in [0.15, 0.2) is 5.16 Å². The van der Waals surface area contributed by atoms with Crippen molar-refractivity contribution >= 4 is 33.4 Å². The quantitative estimate of drug-likeness (QED) is 0.451. The van der Waals surface area contributed by atoms with Gasteiger partial charge in [0.2, 0.25) is 10.0 Å². The minimum atomic E-state index is -3.53. The van der Waals surface area contributed by atoms with Crippen molar-refractivity contribution in [2.24, 2.45) is 0 Å². The molecule has 0 amide bonds. The van der Waals surface area contributed by atoms with Crippen molar-refractivity contribution in [3.05, 3.63) is 41.2 Å². The average molecular weight is 415 g/mol. The zero-order chi connectivity index (χ0) is 20.2. The van der Waals surface area contributed by atoms with Crippen LogP contribution in [0.2, 0.25) is 0 Å². The van der Waals surface area contributed by atoms with Crippen LogP contribution in [-0.4, -0.2) is 41.9 Å². The van der Waals surface area contributed by atoms with E-state index in [0.29, 0.717) is 22.7 Å². The summed E-state index contributed by atoms with van der Waals surface area (Å²) in [5, 5.41) is 12.7. The highest BCUT2D eigenvalue weighted by Gasteiger charge is 2.18. The molecule has 1 heterocycles. The summed E-state index contributed by atoms with van der Waals surface area (Å²) < 4.78 is 39.6. The number of nitrogens with one attached hydrogen (secondary N) is 2. The second kappa shape index (κ2) is 8.41. The number of hydrogen-bond acceptors (Lipinski definition) is 7. The summed E-state index contributed by atoms with van der Waals surface area (Å²) in [7, 11) is -3.53. The predicted molar refractivity (Wildman–Crippen MR) is 106 cm³/mol. The van der Waals surface area contributed by atoms with Gasteiger partial charge in [-0.05, 0) is 31.9 Å². The fourth-order valence-electron chi connectivity index (χ4n) is 2.14. The molecule has 1 aromatic heterocycles.